The molecule has 1 aromatic carbocycles. The third-order valence-corrected chi connectivity index (χ3v) is 4.75. The molecule has 0 spiro atoms. The van der Waals surface area contributed by atoms with Crippen LogP contribution in [0.1, 0.15) is 16.1 Å². The molecule has 0 aliphatic heterocycles. The average molecular weight is 341 g/mol. The van der Waals surface area contributed by atoms with Crippen molar-refractivity contribution in [3.63, 3.8) is 0 Å². The number of aromatic nitrogens is 1. The number of nitrogens with one attached hydrogen (secondary N) is 2. The number of hydrogen-bond donors (Lipinski definition) is 2. The van der Waals surface area contributed by atoms with Crippen LogP contribution in [0.15, 0.2) is 53.1 Å². The first-order chi connectivity index (χ1) is 11.7. The second kappa shape index (κ2) is 7.79. The molecule has 0 aliphatic rings. The number of carbonyl (C=O) groups is 1. The molecule has 2 aromatic heterocycles. The minimum Gasteiger partial charge on any atom is -0.462 e. The summed E-state index contributed by atoms with van der Waals surface area (Å²) in [4.78, 5) is 17.4. The Morgan fingerprint density at radius 2 is 2.00 bits per heavy atom. The lowest BCUT2D eigenvalue weighted by Gasteiger charge is -2.07. The Kier molecular flexibility index (Phi) is 5.28. The Balaban J connectivity index is 1.46. The molecule has 124 valence electrons. The molecule has 0 fully saturated rings. The summed E-state index contributed by atoms with van der Waals surface area (Å²) in [5.41, 5.74) is 2.12. The summed E-state index contributed by atoms with van der Waals surface area (Å²) in [7, 11) is 0. The Morgan fingerprint density at radius 3 is 2.75 bits per heavy atom. The molecule has 6 heteroatoms. The number of benzene rings is 1. The van der Waals surface area contributed by atoms with Crippen molar-refractivity contribution in [3.8, 4) is 10.8 Å². The van der Waals surface area contributed by atoms with Gasteiger partial charge in [0.1, 0.15) is 0 Å². The van der Waals surface area contributed by atoms with E-state index in [1.54, 1.807) is 6.26 Å². The van der Waals surface area contributed by atoms with Gasteiger partial charge in [-0.25, -0.2) is 9.78 Å². The van der Waals surface area contributed by atoms with Gasteiger partial charge in [0.05, 0.1) is 18.5 Å². The summed E-state index contributed by atoms with van der Waals surface area (Å²) in [6, 6.07) is 13.6. The van der Waals surface area contributed by atoms with Crippen molar-refractivity contribution in [3.05, 3.63) is 64.9 Å². The summed E-state index contributed by atoms with van der Waals surface area (Å²) < 4.78 is 5.36. The number of urea groups is 1. The first-order valence-corrected chi connectivity index (χ1v) is 8.60. The fourth-order valence-electron chi connectivity index (χ4n) is 2.29. The summed E-state index contributed by atoms with van der Waals surface area (Å²) in [6.45, 7) is 3.00. The SMILES string of the molecule is Cc1nc(-c2ccco2)sc1CNC(=O)NCCc1ccccc1. The fourth-order valence-corrected chi connectivity index (χ4v) is 3.26. The smallest absolute Gasteiger partial charge is 0.315 e. The zero-order valence-electron chi connectivity index (χ0n) is 13.4. The maximum atomic E-state index is 11.9. The third-order valence-electron chi connectivity index (χ3n) is 3.58. The molecule has 0 aliphatic carbocycles. The monoisotopic (exact) mass is 341 g/mol. The highest BCUT2D eigenvalue weighted by Crippen LogP contribution is 2.27. The Hall–Kier alpha value is -2.60. The van der Waals surface area contributed by atoms with E-state index in [1.165, 1.54) is 16.9 Å². The normalized spacial score (nSPS) is 10.5. The lowest BCUT2D eigenvalue weighted by atomic mass is 10.1. The van der Waals surface area contributed by atoms with Gasteiger partial charge in [-0.2, -0.15) is 0 Å². The first kappa shape index (κ1) is 16.3. The fraction of sp³-hybridized carbons (Fsp3) is 0.222. The highest BCUT2D eigenvalue weighted by molar-refractivity contribution is 7.15. The Labute approximate surface area is 144 Å². The van der Waals surface area contributed by atoms with Gasteiger partial charge in [0.2, 0.25) is 0 Å². The highest BCUT2D eigenvalue weighted by atomic mass is 32.1. The van der Waals surface area contributed by atoms with Gasteiger partial charge in [0.25, 0.3) is 0 Å². The summed E-state index contributed by atoms with van der Waals surface area (Å²) >= 11 is 1.53. The highest BCUT2D eigenvalue weighted by Gasteiger charge is 2.12. The molecule has 0 bridgehead atoms. The number of furan rings is 1. The molecule has 0 unspecified atom stereocenters. The van der Waals surface area contributed by atoms with Crippen molar-refractivity contribution in [2.75, 3.05) is 6.54 Å². The Morgan fingerprint density at radius 1 is 1.17 bits per heavy atom. The third kappa shape index (κ3) is 4.23. The quantitative estimate of drug-likeness (QED) is 0.717. The minimum atomic E-state index is -0.168. The molecule has 5 nitrogen and oxygen atoms in total. The van der Waals surface area contributed by atoms with E-state index in [4.69, 9.17) is 4.42 Å². The predicted molar refractivity (Wildman–Crippen MR) is 94.9 cm³/mol. The van der Waals surface area contributed by atoms with Gasteiger partial charge in [-0.15, -0.1) is 11.3 Å². The molecule has 3 aromatic rings. The van der Waals surface area contributed by atoms with Crippen LogP contribution in [0.5, 0.6) is 0 Å². The Bertz CT molecular complexity index is 782. The number of rotatable bonds is 6. The number of nitrogens with zero attached hydrogens (tertiary/aromatic N) is 1. The van der Waals surface area contributed by atoms with Gasteiger partial charge in [0, 0.05) is 11.4 Å². The zero-order chi connectivity index (χ0) is 16.8. The summed E-state index contributed by atoms with van der Waals surface area (Å²) in [5.74, 6) is 0.752. The van der Waals surface area contributed by atoms with Crippen LogP contribution in [0.3, 0.4) is 0 Å². The molecular weight excluding hydrogens is 322 g/mol. The van der Waals surface area contributed by atoms with Gasteiger partial charge >= 0.3 is 6.03 Å². The molecular formula is C18H19N3O2S. The molecule has 2 N–H and O–H groups in total. The zero-order valence-corrected chi connectivity index (χ0v) is 14.2. The van der Waals surface area contributed by atoms with Crippen LogP contribution in [0.4, 0.5) is 4.79 Å². The lowest BCUT2D eigenvalue weighted by molar-refractivity contribution is 0.240. The van der Waals surface area contributed by atoms with Gasteiger partial charge in [0.15, 0.2) is 10.8 Å². The van der Waals surface area contributed by atoms with Crippen LogP contribution < -0.4 is 10.6 Å². The van der Waals surface area contributed by atoms with E-state index < -0.39 is 0 Å². The predicted octanol–water partition coefficient (Wildman–Crippen LogP) is 3.75. The van der Waals surface area contributed by atoms with Crippen LogP contribution in [0.2, 0.25) is 0 Å². The van der Waals surface area contributed by atoms with Crippen LogP contribution >= 0.6 is 11.3 Å². The van der Waals surface area contributed by atoms with Crippen molar-refractivity contribution in [2.24, 2.45) is 0 Å². The standard InChI is InChI=1S/C18H19N3O2S/c1-13-16(24-17(21-13)15-8-5-11-23-15)12-20-18(22)19-10-9-14-6-3-2-4-7-14/h2-8,11H,9-10,12H2,1H3,(H2,19,20,22). The van der Waals surface area contributed by atoms with Crippen molar-refractivity contribution < 1.29 is 9.21 Å². The van der Waals surface area contributed by atoms with E-state index in [0.717, 1.165) is 27.8 Å². The van der Waals surface area contributed by atoms with E-state index in [2.05, 4.69) is 27.8 Å². The van der Waals surface area contributed by atoms with Crippen molar-refractivity contribution >= 4 is 17.4 Å². The number of carbonyl (C=O) groups excluding carboxylic acids is 1. The van der Waals surface area contributed by atoms with Gasteiger partial charge < -0.3 is 15.1 Å². The molecule has 0 saturated heterocycles. The van der Waals surface area contributed by atoms with Gasteiger partial charge in [-0.05, 0) is 31.0 Å². The maximum absolute atomic E-state index is 11.9. The second-order valence-corrected chi connectivity index (χ2v) is 6.43. The lowest BCUT2D eigenvalue weighted by Crippen LogP contribution is -2.36. The number of aryl methyl sites for hydroxylation is 1. The maximum Gasteiger partial charge on any atom is 0.315 e. The average Bonchev–Trinajstić information content (AvgIpc) is 3.23. The van der Waals surface area contributed by atoms with E-state index in [1.807, 2.05) is 37.3 Å². The van der Waals surface area contributed by atoms with Crippen molar-refractivity contribution in [1.29, 1.82) is 0 Å². The van der Waals surface area contributed by atoms with E-state index in [-0.39, 0.29) is 6.03 Å². The van der Waals surface area contributed by atoms with E-state index >= 15 is 0 Å². The molecule has 3 rings (SSSR count). The summed E-state index contributed by atoms with van der Waals surface area (Å²) in [5, 5.41) is 6.58. The molecule has 2 heterocycles. The number of hydrogen-bond acceptors (Lipinski definition) is 4. The molecule has 0 radical (unpaired) electrons. The van der Waals surface area contributed by atoms with E-state index in [0.29, 0.717) is 13.1 Å². The first-order valence-electron chi connectivity index (χ1n) is 7.78. The van der Waals surface area contributed by atoms with Gasteiger partial charge in [-0.3, -0.25) is 0 Å². The second-order valence-electron chi connectivity index (χ2n) is 5.35. The number of thiazole rings is 1. The minimum absolute atomic E-state index is 0.168. The van der Waals surface area contributed by atoms with Crippen LogP contribution in [0, 0.1) is 6.92 Å². The molecule has 24 heavy (non-hydrogen) atoms. The largest absolute Gasteiger partial charge is 0.462 e. The van der Waals surface area contributed by atoms with Crippen molar-refractivity contribution in [1.82, 2.24) is 15.6 Å². The molecule has 2 amide bonds. The van der Waals surface area contributed by atoms with Crippen LogP contribution in [0.25, 0.3) is 10.8 Å². The summed E-state index contributed by atoms with van der Waals surface area (Å²) in [6.07, 6.45) is 2.45. The van der Waals surface area contributed by atoms with Gasteiger partial charge in [-0.1, -0.05) is 30.3 Å². The van der Waals surface area contributed by atoms with Crippen molar-refractivity contribution in [2.45, 2.75) is 19.9 Å². The number of amides is 2. The molecule has 0 saturated carbocycles. The van der Waals surface area contributed by atoms with Crippen LogP contribution in [-0.2, 0) is 13.0 Å². The topological polar surface area (TPSA) is 67.2 Å². The van der Waals surface area contributed by atoms with E-state index in [9.17, 15) is 4.79 Å². The van der Waals surface area contributed by atoms with Crippen LogP contribution in [-0.4, -0.2) is 17.6 Å². The molecule has 0 atom stereocenters.